The van der Waals surface area contributed by atoms with E-state index in [1.807, 2.05) is 0 Å². The molecular weight excluding hydrogens is 162 g/mol. The molecule has 0 aromatic carbocycles. The Hall–Kier alpha value is -0.690. The summed E-state index contributed by atoms with van der Waals surface area (Å²) in [7, 11) is 0. The fourth-order valence-corrected chi connectivity index (χ4v) is 2.35. The van der Waals surface area contributed by atoms with Crippen molar-refractivity contribution in [3.05, 3.63) is 10.4 Å². The molecular formula is C10H19N3. The first-order valence-corrected chi connectivity index (χ1v) is 5.19. The van der Waals surface area contributed by atoms with Crippen molar-refractivity contribution in [3.63, 3.8) is 0 Å². The van der Waals surface area contributed by atoms with Gasteiger partial charge in [-0.1, -0.05) is 32.3 Å². The topological polar surface area (TPSA) is 48.8 Å². The molecule has 3 atom stereocenters. The van der Waals surface area contributed by atoms with Crippen molar-refractivity contribution in [2.45, 2.75) is 46.1 Å². The van der Waals surface area contributed by atoms with E-state index in [0.29, 0.717) is 11.8 Å². The van der Waals surface area contributed by atoms with E-state index in [1.165, 1.54) is 12.8 Å². The maximum Gasteiger partial charge on any atom is 0.0407 e. The van der Waals surface area contributed by atoms with Crippen LogP contribution >= 0.6 is 0 Å². The number of hydrogen-bond donors (Lipinski definition) is 0. The van der Waals surface area contributed by atoms with E-state index in [1.54, 1.807) is 0 Å². The van der Waals surface area contributed by atoms with Crippen LogP contribution in [0.4, 0.5) is 0 Å². The lowest BCUT2D eigenvalue weighted by atomic mass is 9.74. The summed E-state index contributed by atoms with van der Waals surface area (Å²) in [5.74, 6) is 1.97. The van der Waals surface area contributed by atoms with E-state index >= 15 is 0 Å². The molecule has 13 heavy (non-hydrogen) atoms. The molecule has 3 nitrogen and oxygen atoms in total. The van der Waals surface area contributed by atoms with Gasteiger partial charge in [0.15, 0.2) is 0 Å². The summed E-state index contributed by atoms with van der Waals surface area (Å²) in [6, 6.07) is 0.244. The van der Waals surface area contributed by atoms with Gasteiger partial charge < -0.3 is 0 Å². The molecule has 0 spiro atoms. The molecule has 1 fully saturated rings. The van der Waals surface area contributed by atoms with Crippen LogP contribution in [0.3, 0.4) is 0 Å². The quantitative estimate of drug-likeness (QED) is 0.354. The third kappa shape index (κ3) is 2.63. The maximum absolute atomic E-state index is 8.46. The standard InChI is InChI=1S/C10H19N3/c1-7(2)9-5-4-8(3)6-10(9)12-13-11/h7-10H,4-6H2,1-3H3/t8-,9-,10-/m1/s1. The largest absolute Gasteiger partial charge is 0.0903 e. The highest BCUT2D eigenvalue weighted by atomic mass is 15.2. The molecule has 0 bridgehead atoms. The van der Waals surface area contributed by atoms with Crippen molar-refractivity contribution in [3.8, 4) is 0 Å². The second kappa shape index (κ2) is 4.52. The predicted molar refractivity (Wildman–Crippen MR) is 54.3 cm³/mol. The minimum Gasteiger partial charge on any atom is -0.0903 e. The summed E-state index contributed by atoms with van der Waals surface area (Å²) >= 11 is 0. The number of hydrogen-bond acceptors (Lipinski definition) is 1. The minimum atomic E-state index is 0.244. The smallest absolute Gasteiger partial charge is 0.0407 e. The molecule has 0 radical (unpaired) electrons. The molecule has 3 heteroatoms. The molecule has 74 valence electrons. The first-order chi connectivity index (χ1) is 6.15. The molecule has 0 N–H and O–H groups in total. The summed E-state index contributed by atoms with van der Waals surface area (Å²) in [6.07, 6.45) is 3.59. The van der Waals surface area contributed by atoms with Gasteiger partial charge in [0.25, 0.3) is 0 Å². The lowest BCUT2D eigenvalue weighted by Crippen LogP contribution is -2.30. The molecule has 0 aromatic heterocycles. The number of nitrogens with zero attached hydrogens (tertiary/aromatic N) is 3. The zero-order valence-electron chi connectivity index (χ0n) is 8.77. The lowest BCUT2D eigenvalue weighted by Gasteiger charge is -2.34. The summed E-state index contributed by atoms with van der Waals surface area (Å²) < 4.78 is 0. The van der Waals surface area contributed by atoms with Gasteiger partial charge in [-0.15, -0.1) is 0 Å². The average Bonchev–Trinajstić information content (AvgIpc) is 2.04. The van der Waals surface area contributed by atoms with Crippen LogP contribution in [0.25, 0.3) is 10.4 Å². The van der Waals surface area contributed by atoms with Crippen LogP contribution in [0.2, 0.25) is 0 Å². The molecule has 0 unspecified atom stereocenters. The maximum atomic E-state index is 8.46. The average molecular weight is 181 g/mol. The zero-order valence-corrected chi connectivity index (χ0v) is 8.77. The van der Waals surface area contributed by atoms with Gasteiger partial charge >= 0.3 is 0 Å². The minimum absolute atomic E-state index is 0.244. The summed E-state index contributed by atoms with van der Waals surface area (Å²) in [5, 5.41) is 3.92. The van der Waals surface area contributed by atoms with Gasteiger partial charge in [-0.25, -0.2) is 0 Å². The van der Waals surface area contributed by atoms with Gasteiger partial charge in [0.2, 0.25) is 0 Å². The van der Waals surface area contributed by atoms with Crippen LogP contribution in [-0.2, 0) is 0 Å². The molecule has 0 amide bonds. The first-order valence-electron chi connectivity index (χ1n) is 5.19. The molecule has 0 aromatic rings. The van der Waals surface area contributed by atoms with E-state index in [4.69, 9.17) is 5.53 Å². The summed E-state index contributed by atoms with van der Waals surface area (Å²) in [6.45, 7) is 6.69. The van der Waals surface area contributed by atoms with Crippen molar-refractivity contribution < 1.29 is 0 Å². The zero-order chi connectivity index (χ0) is 9.84. The van der Waals surface area contributed by atoms with E-state index < -0.39 is 0 Å². The highest BCUT2D eigenvalue weighted by Gasteiger charge is 2.29. The monoisotopic (exact) mass is 181 g/mol. The second-order valence-electron chi connectivity index (χ2n) is 4.60. The van der Waals surface area contributed by atoms with Crippen LogP contribution in [0.15, 0.2) is 5.11 Å². The fourth-order valence-electron chi connectivity index (χ4n) is 2.35. The van der Waals surface area contributed by atoms with E-state index in [0.717, 1.165) is 12.3 Å². The Bertz CT molecular complexity index is 206. The van der Waals surface area contributed by atoms with E-state index in [9.17, 15) is 0 Å². The second-order valence-corrected chi connectivity index (χ2v) is 4.60. The van der Waals surface area contributed by atoms with Crippen LogP contribution < -0.4 is 0 Å². The van der Waals surface area contributed by atoms with Gasteiger partial charge in [0, 0.05) is 11.0 Å². The van der Waals surface area contributed by atoms with Crippen LogP contribution in [0.1, 0.15) is 40.0 Å². The Morgan fingerprint density at radius 3 is 2.62 bits per heavy atom. The Balaban J connectivity index is 2.65. The predicted octanol–water partition coefficient (Wildman–Crippen LogP) is 3.76. The van der Waals surface area contributed by atoms with Gasteiger partial charge in [-0.05, 0) is 36.1 Å². The van der Waals surface area contributed by atoms with Crippen LogP contribution in [0.5, 0.6) is 0 Å². The third-order valence-electron chi connectivity index (χ3n) is 3.19. The SMILES string of the molecule is CC(C)[C@H]1CC[C@@H](C)C[C@H]1N=[N+]=[N-]. The van der Waals surface area contributed by atoms with Crippen molar-refractivity contribution in [2.24, 2.45) is 22.9 Å². The van der Waals surface area contributed by atoms with Crippen LogP contribution in [-0.4, -0.2) is 6.04 Å². The van der Waals surface area contributed by atoms with E-state index in [-0.39, 0.29) is 6.04 Å². The lowest BCUT2D eigenvalue weighted by molar-refractivity contribution is 0.199. The molecule has 1 aliphatic rings. The van der Waals surface area contributed by atoms with Crippen molar-refractivity contribution >= 4 is 0 Å². The Kier molecular flexibility index (Phi) is 3.61. The van der Waals surface area contributed by atoms with E-state index in [2.05, 4.69) is 30.8 Å². The van der Waals surface area contributed by atoms with Crippen molar-refractivity contribution in [2.75, 3.05) is 0 Å². The Morgan fingerprint density at radius 1 is 1.38 bits per heavy atom. The van der Waals surface area contributed by atoms with Crippen molar-refractivity contribution in [1.29, 1.82) is 0 Å². The summed E-state index contributed by atoms with van der Waals surface area (Å²) in [4.78, 5) is 2.95. The Morgan fingerprint density at radius 2 is 2.08 bits per heavy atom. The molecule has 0 heterocycles. The van der Waals surface area contributed by atoms with Gasteiger partial charge in [0.1, 0.15) is 0 Å². The first kappa shape index (κ1) is 10.4. The highest BCUT2D eigenvalue weighted by molar-refractivity contribution is 4.85. The molecule has 0 saturated heterocycles. The molecule has 0 aliphatic heterocycles. The number of azide groups is 1. The number of rotatable bonds is 2. The van der Waals surface area contributed by atoms with Crippen molar-refractivity contribution in [1.82, 2.24) is 0 Å². The van der Waals surface area contributed by atoms with Gasteiger partial charge in [-0.3, -0.25) is 0 Å². The fraction of sp³-hybridized carbons (Fsp3) is 1.00. The molecule has 1 aliphatic carbocycles. The molecule has 1 rings (SSSR count). The Labute approximate surface area is 80.2 Å². The van der Waals surface area contributed by atoms with Gasteiger partial charge in [0.05, 0.1) is 0 Å². The van der Waals surface area contributed by atoms with Crippen LogP contribution in [0, 0.1) is 17.8 Å². The van der Waals surface area contributed by atoms with Gasteiger partial charge in [-0.2, -0.15) is 0 Å². The normalized spacial score (nSPS) is 34.3. The highest BCUT2D eigenvalue weighted by Crippen LogP contribution is 2.35. The summed E-state index contributed by atoms with van der Waals surface area (Å²) in [5.41, 5.74) is 8.46. The molecule has 1 saturated carbocycles. The third-order valence-corrected chi connectivity index (χ3v) is 3.19.